The number of fused-ring (bicyclic) bond motifs is 1. The van der Waals surface area contributed by atoms with Gasteiger partial charge in [0.15, 0.2) is 0 Å². The largest absolute Gasteiger partial charge is 0.457 e. The van der Waals surface area contributed by atoms with E-state index in [-0.39, 0.29) is 54.7 Å². The van der Waals surface area contributed by atoms with Crippen LogP contribution in [0.1, 0.15) is 25.8 Å². The molecule has 11 nitrogen and oxygen atoms in total. The van der Waals surface area contributed by atoms with Gasteiger partial charge in [0, 0.05) is 50.9 Å². The van der Waals surface area contributed by atoms with E-state index in [2.05, 4.69) is 25.1 Å². The van der Waals surface area contributed by atoms with E-state index in [0.717, 1.165) is 10.5 Å². The summed E-state index contributed by atoms with van der Waals surface area (Å²) in [6.45, 7) is 15.2. The Kier molecular flexibility index (Phi) is 13.5. The number of aliphatic hydroxyl groups excluding tert-OH is 1. The molecule has 2 N–H and O–H groups in total. The van der Waals surface area contributed by atoms with Crippen molar-refractivity contribution in [3.05, 3.63) is 77.4 Å². The lowest BCUT2D eigenvalue weighted by Crippen LogP contribution is -2.63. The first-order chi connectivity index (χ1) is 23.0. The van der Waals surface area contributed by atoms with E-state index in [1.165, 1.54) is 34.9 Å². The first-order valence-corrected chi connectivity index (χ1v) is 17.9. The highest BCUT2D eigenvalue weighted by Crippen LogP contribution is 2.52. The number of hydrogen-bond donors (Lipinski definition) is 2. The zero-order valence-electron chi connectivity index (χ0n) is 27.1. The molecule has 0 spiro atoms. The standard InChI is InChI=1S/C34H42ClN3O8S2/c1-6-13-44-32(41)29-30(20(4)28-27(21(5)39)31(40)38(28)29)48-25-17-23(37(18-25)34(43)46-15-8-3)19-47-24-9-10-26(35)22(16-24)11-12-36-33(42)45-14-7-2/h6-10,16,20-21,23,25,27-28,39H,1-3,11-15,17-19H2,4-5H3,(H,36,42)/t20-,21-,23+,25+,27-,28-/m1/s1. The molecule has 0 unspecified atom stereocenters. The lowest BCUT2D eigenvalue weighted by Gasteiger charge is -2.46. The van der Waals surface area contributed by atoms with Gasteiger partial charge >= 0.3 is 18.2 Å². The van der Waals surface area contributed by atoms with Gasteiger partial charge in [-0.05, 0) is 43.5 Å². The molecule has 0 bridgehead atoms. The van der Waals surface area contributed by atoms with Gasteiger partial charge in [0.2, 0.25) is 5.91 Å². The lowest BCUT2D eigenvalue weighted by atomic mass is 9.79. The number of benzene rings is 1. The molecule has 3 heterocycles. The van der Waals surface area contributed by atoms with E-state index < -0.39 is 30.2 Å². The summed E-state index contributed by atoms with van der Waals surface area (Å²) in [6, 6.07) is 5.15. The molecule has 0 saturated carbocycles. The van der Waals surface area contributed by atoms with Crippen LogP contribution < -0.4 is 5.32 Å². The van der Waals surface area contributed by atoms with Crippen LogP contribution in [0, 0.1) is 11.8 Å². The molecule has 2 fully saturated rings. The summed E-state index contributed by atoms with van der Waals surface area (Å²) in [5.41, 5.74) is 1.07. The predicted octanol–water partition coefficient (Wildman–Crippen LogP) is 5.18. The molecule has 260 valence electrons. The van der Waals surface area contributed by atoms with Crippen LogP contribution in [0.4, 0.5) is 9.59 Å². The van der Waals surface area contributed by atoms with Crippen molar-refractivity contribution < 1.29 is 38.5 Å². The first kappa shape index (κ1) is 37.4. The SMILES string of the molecule is C=CCOC(=O)NCCc1cc(SC[C@@H]2C[C@H](SC3=C(C(=O)OCC=C)N4C(=O)[C@H]([C@@H](C)O)[C@H]4[C@H]3C)CN2C(=O)OCC=C)ccc1Cl. The molecule has 1 aromatic rings. The van der Waals surface area contributed by atoms with Gasteiger partial charge in [-0.25, -0.2) is 14.4 Å². The van der Waals surface area contributed by atoms with Crippen LogP contribution in [0.2, 0.25) is 5.02 Å². The summed E-state index contributed by atoms with van der Waals surface area (Å²) >= 11 is 9.49. The number of likely N-dealkylation sites (tertiary alicyclic amines) is 1. The Morgan fingerprint density at radius 2 is 1.81 bits per heavy atom. The molecular weight excluding hydrogens is 678 g/mol. The highest BCUT2D eigenvalue weighted by Gasteiger charge is 2.60. The fourth-order valence-electron chi connectivity index (χ4n) is 6.12. The van der Waals surface area contributed by atoms with Crippen molar-refractivity contribution in [3.63, 3.8) is 0 Å². The Morgan fingerprint density at radius 3 is 2.50 bits per heavy atom. The Hall–Kier alpha value is -3.39. The molecule has 48 heavy (non-hydrogen) atoms. The number of halogens is 1. The van der Waals surface area contributed by atoms with Crippen LogP contribution in [-0.4, -0.2) is 101 Å². The Morgan fingerprint density at radius 1 is 1.12 bits per heavy atom. The number of carbonyl (C=O) groups is 4. The molecule has 14 heteroatoms. The highest BCUT2D eigenvalue weighted by molar-refractivity contribution is 8.03. The van der Waals surface area contributed by atoms with E-state index in [9.17, 15) is 24.3 Å². The minimum atomic E-state index is -0.859. The monoisotopic (exact) mass is 719 g/mol. The van der Waals surface area contributed by atoms with Crippen molar-refractivity contribution in [2.75, 3.05) is 38.7 Å². The first-order valence-electron chi connectivity index (χ1n) is 15.7. The average Bonchev–Trinajstić information content (AvgIpc) is 3.57. The number of nitrogens with zero attached hydrogens (tertiary/aromatic N) is 2. The van der Waals surface area contributed by atoms with Crippen LogP contribution in [0.5, 0.6) is 0 Å². The second-order valence-corrected chi connectivity index (χ2v) is 14.5. The van der Waals surface area contributed by atoms with E-state index in [1.54, 1.807) is 23.6 Å². The van der Waals surface area contributed by atoms with Crippen LogP contribution >= 0.6 is 35.1 Å². The second kappa shape index (κ2) is 17.3. The minimum absolute atomic E-state index is 0.00195. The topological polar surface area (TPSA) is 135 Å². The number of hydrogen-bond acceptors (Lipinski definition) is 10. The molecule has 3 aliphatic rings. The highest BCUT2D eigenvalue weighted by atomic mass is 35.5. The third kappa shape index (κ3) is 8.60. The smallest absolute Gasteiger partial charge is 0.410 e. The van der Waals surface area contributed by atoms with Crippen LogP contribution in [0.25, 0.3) is 0 Å². The fraction of sp³-hybridized carbons (Fsp3) is 0.471. The number of nitrogens with one attached hydrogen (secondary N) is 1. The number of esters is 1. The number of carbonyl (C=O) groups excluding carboxylic acids is 4. The van der Waals surface area contributed by atoms with Gasteiger partial charge in [-0.1, -0.05) is 56.5 Å². The normalized spacial score (nSPS) is 23.6. The summed E-state index contributed by atoms with van der Waals surface area (Å²) in [6.07, 6.45) is 3.73. The van der Waals surface area contributed by atoms with E-state index in [0.29, 0.717) is 41.6 Å². The van der Waals surface area contributed by atoms with Crippen molar-refractivity contribution in [2.24, 2.45) is 11.8 Å². The third-order valence-electron chi connectivity index (χ3n) is 8.32. The zero-order chi connectivity index (χ0) is 35.0. The average molecular weight is 720 g/mol. The van der Waals surface area contributed by atoms with Gasteiger partial charge in [-0.3, -0.25) is 4.79 Å². The van der Waals surface area contributed by atoms with E-state index in [4.69, 9.17) is 25.8 Å². The third-order valence-corrected chi connectivity index (χ3v) is 11.3. The van der Waals surface area contributed by atoms with Crippen LogP contribution in [0.3, 0.4) is 0 Å². The molecular formula is C34H42ClN3O8S2. The number of thioether (sulfide) groups is 2. The number of amides is 3. The fourth-order valence-corrected chi connectivity index (χ4v) is 8.98. The second-order valence-electron chi connectivity index (χ2n) is 11.6. The summed E-state index contributed by atoms with van der Waals surface area (Å²) in [5.74, 6) is -1.17. The number of β-lactam (4-membered cyclic amide) rings is 1. The molecule has 3 aliphatic heterocycles. The van der Waals surface area contributed by atoms with Gasteiger partial charge in [0.25, 0.3) is 0 Å². The minimum Gasteiger partial charge on any atom is -0.457 e. The van der Waals surface area contributed by atoms with Gasteiger partial charge in [-0.15, -0.1) is 23.5 Å². The molecule has 3 amide bonds. The lowest BCUT2D eigenvalue weighted by molar-refractivity contribution is -0.164. The quantitative estimate of drug-likeness (QED) is 0.0774. The van der Waals surface area contributed by atoms with Crippen LogP contribution in [0.15, 0.2) is 71.7 Å². The summed E-state index contributed by atoms with van der Waals surface area (Å²) in [7, 11) is 0. The van der Waals surface area contributed by atoms with Crippen LogP contribution in [-0.2, 0) is 30.2 Å². The summed E-state index contributed by atoms with van der Waals surface area (Å²) < 4.78 is 15.7. The molecule has 2 saturated heterocycles. The summed E-state index contributed by atoms with van der Waals surface area (Å²) in [4.78, 5) is 56.0. The molecule has 0 aromatic heterocycles. The molecule has 4 rings (SSSR count). The molecule has 6 atom stereocenters. The maximum Gasteiger partial charge on any atom is 0.410 e. The van der Waals surface area contributed by atoms with E-state index in [1.807, 2.05) is 25.1 Å². The molecule has 0 aliphatic carbocycles. The van der Waals surface area contributed by atoms with Gasteiger partial charge in [-0.2, -0.15) is 0 Å². The van der Waals surface area contributed by atoms with Crippen molar-refractivity contribution in [2.45, 2.75) is 55.0 Å². The number of alkyl carbamates (subject to hydrolysis) is 1. The zero-order valence-corrected chi connectivity index (χ0v) is 29.5. The van der Waals surface area contributed by atoms with Crippen molar-refractivity contribution in [3.8, 4) is 0 Å². The summed E-state index contributed by atoms with van der Waals surface area (Å²) in [5, 5.41) is 13.5. The van der Waals surface area contributed by atoms with Gasteiger partial charge < -0.3 is 34.4 Å². The number of ether oxygens (including phenoxy) is 3. The molecule has 0 radical (unpaired) electrons. The van der Waals surface area contributed by atoms with Gasteiger partial charge in [0.05, 0.1) is 18.1 Å². The Bertz CT molecular complexity index is 1450. The van der Waals surface area contributed by atoms with Crippen molar-refractivity contribution in [1.82, 2.24) is 15.1 Å². The Balaban J connectivity index is 1.48. The van der Waals surface area contributed by atoms with Crippen molar-refractivity contribution >= 4 is 59.2 Å². The number of rotatable bonds is 16. The molecule has 1 aromatic carbocycles. The Labute approximate surface area is 294 Å². The maximum absolute atomic E-state index is 13.2. The van der Waals surface area contributed by atoms with Gasteiger partial charge in [0.1, 0.15) is 25.5 Å². The predicted molar refractivity (Wildman–Crippen MR) is 187 cm³/mol. The number of aliphatic hydroxyl groups is 1. The maximum atomic E-state index is 13.2. The van der Waals surface area contributed by atoms with Crippen molar-refractivity contribution in [1.29, 1.82) is 0 Å². The van der Waals surface area contributed by atoms with E-state index >= 15 is 0 Å².